The van der Waals surface area contributed by atoms with Gasteiger partial charge in [0, 0.05) is 12.0 Å². The van der Waals surface area contributed by atoms with Crippen molar-refractivity contribution in [3.8, 4) is 0 Å². The Morgan fingerprint density at radius 3 is 2.52 bits per heavy atom. The van der Waals surface area contributed by atoms with E-state index >= 15 is 0 Å². The molecule has 0 saturated carbocycles. The lowest BCUT2D eigenvalue weighted by Gasteiger charge is -2.42. The fourth-order valence-electron chi connectivity index (χ4n) is 2.32. The molecule has 1 saturated heterocycles. The van der Waals surface area contributed by atoms with E-state index in [1.165, 1.54) is 0 Å². The molecule has 1 aromatic heterocycles. The van der Waals surface area contributed by atoms with Crippen molar-refractivity contribution in [2.45, 2.75) is 25.3 Å². The van der Waals surface area contributed by atoms with Gasteiger partial charge in [-0.05, 0) is 5.56 Å². The maximum Gasteiger partial charge on any atom is 0.274 e. The summed E-state index contributed by atoms with van der Waals surface area (Å²) in [6.45, 7) is 4.93. The van der Waals surface area contributed by atoms with E-state index < -0.39 is 5.54 Å². The maximum absolute atomic E-state index is 12.4. The second kappa shape index (κ2) is 5.33. The Morgan fingerprint density at radius 2 is 2.00 bits per heavy atom. The number of rotatable bonds is 4. The molecular formula is C16H18N2O3. The van der Waals surface area contributed by atoms with Crippen LogP contribution in [-0.2, 0) is 10.3 Å². The zero-order valence-electron chi connectivity index (χ0n) is 12.1. The molecule has 2 heterocycles. The third-order valence-electron chi connectivity index (χ3n) is 3.71. The summed E-state index contributed by atoms with van der Waals surface area (Å²) in [6.07, 6.45) is 0. The van der Waals surface area contributed by atoms with Crippen LogP contribution in [0.15, 0.2) is 40.9 Å². The predicted octanol–water partition coefficient (Wildman–Crippen LogP) is 2.45. The zero-order valence-corrected chi connectivity index (χ0v) is 12.1. The van der Waals surface area contributed by atoms with E-state index in [2.05, 4.69) is 10.5 Å². The fourth-order valence-corrected chi connectivity index (χ4v) is 2.32. The number of nitrogens with one attached hydrogen (secondary N) is 1. The molecule has 1 amide bonds. The number of carbonyl (C=O) groups excluding carboxylic acids is 1. The van der Waals surface area contributed by atoms with Crippen LogP contribution in [0.2, 0.25) is 0 Å². The van der Waals surface area contributed by atoms with Gasteiger partial charge in [0.05, 0.1) is 13.2 Å². The monoisotopic (exact) mass is 286 g/mol. The lowest BCUT2D eigenvalue weighted by atomic mass is 9.88. The van der Waals surface area contributed by atoms with Crippen LogP contribution >= 0.6 is 0 Å². The topological polar surface area (TPSA) is 64.4 Å². The van der Waals surface area contributed by atoms with Gasteiger partial charge in [-0.1, -0.05) is 49.3 Å². The summed E-state index contributed by atoms with van der Waals surface area (Å²) in [7, 11) is 0. The molecule has 1 aliphatic heterocycles. The largest absolute Gasteiger partial charge is 0.376 e. The Balaban J connectivity index is 1.79. The summed E-state index contributed by atoms with van der Waals surface area (Å²) in [4.78, 5) is 12.4. The minimum Gasteiger partial charge on any atom is -0.376 e. The van der Waals surface area contributed by atoms with Gasteiger partial charge in [-0.25, -0.2) is 0 Å². The number of amides is 1. The molecule has 1 N–H and O–H groups in total. The number of hydrogen-bond acceptors (Lipinski definition) is 4. The first-order valence-corrected chi connectivity index (χ1v) is 7.03. The molecule has 0 radical (unpaired) electrons. The Bertz CT molecular complexity index is 630. The Labute approximate surface area is 123 Å². The number of hydrogen-bond donors (Lipinski definition) is 1. The Kier molecular flexibility index (Phi) is 3.51. The summed E-state index contributed by atoms with van der Waals surface area (Å²) in [5.41, 5.74) is 0.882. The van der Waals surface area contributed by atoms with Gasteiger partial charge < -0.3 is 14.6 Å². The minimum atomic E-state index is -0.463. The predicted molar refractivity (Wildman–Crippen MR) is 77.0 cm³/mol. The van der Waals surface area contributed by atoms with Crippen molar-refractivity contribution in [3.63, 3.8) is 0 Å². The highest BCUT2D eigenvalue weighted by Crippen LogP contribution is 2.29. The third kappa shape index (κ3) is 2.56. The van der Waals surface area contributed by atoms with E-state index in [-0.39, 0.29) is 11.8 Å². The molecule has 2 aromatic rings. The highest BCUT2D eigenvalue weighted by Gasteiger charge is 2.42. The van der Waals surface area contributed by atoms with Gasteiger partial charge in [0.2, 0.25) is 0 Å². The van der Waals surface area contributed by atoms with Crippen molar-refractivity contribution >= 4 is 5.91 Å². The second-order valence-electron chi connectivity index (χ2n) is 5.66. The Morgan fingerprint density at radius 1 is 1.29 bits per heavy atom. The molecule has 0 aliphatic carbocycles. The zero-order chi connectivity index (χ0) is 14.9. The molecule has 0 unspecified atom stereocenters. The van der Waals surface area contributed by atoms with E-state index in [9.17, 15) is 4.79 Å². The smallest absolute Gasteiger partial charge is 0.274 e. The van der Waals surface area contributed by atoms with Crippen LogP contribution < -0.4 is 5.32 Å². The first-order valence-electron chi connectivity index (χ1n) is 7.03. The van der Waals surface area contributed by atoms with Crippen molar-refractivity contribution in [1.29, 1.82) is 0 Å². The van der Waals surface area contributed by atoms with Gasteiger partial charge in [0.15, 0.2) is 5.69 Å². The summed E-state index contributed by atoms with van der Waals surface area (Å²) < 4.78 is 10.5. The molecule has 0 bridgehead atoms. The van der Waals surface area contributed by atoms with Crippen LogP contribution in [0.4, 0.5) is 0 Å². The molecule has 1 fully saturated rings. The quantitative estimate of drug-likeness (QED) is 0.937. The van der Waals surface area contributed by atoms with Gasteiger partial charge in [0.25, 0.3) is 5.91 Å². The van der Waals surface area contributed by atoms with Crippen LogP contribution in [0.25, 0.3) is 0 Å². The van der Waals surface area contributed by atoms with E-state index in [4.69, 9.17) is 9.26 Å². The van der Waals surface area contributed by atoms with Gasteiger partial charge in [-0.2, -0.15) is 0 Å². The minimum absolute atomic E-state index is 0.203. The average molecular weight is 286 g/mol. The van der Waals surface area contributed by atoms with Crippen LogP contribution in [-0.4, -0.2) is 24.3 Å². The number of benzene rings is 1. The molecule has 5 nitrogen and oxygen atoms in total. The molecule has 5 heteroatoms. The van der Waals surface area contributed by atoms with Crippen molar-refractivity contribution in [2.75, 3.05) is 13.2 Å². The summed E-state index contributed by atoms with van der Waals surface area (Å²) >= 11 is 0. The molecule has 1 aromatic carbocycles. The molecule has 0 spiro atoms. The summed E-state index contributed by atoms with van der Waals surface area (Å²) in [5.74, 6) is 0.672. The Hall–Kier alpha value is -2.14. The highest BCUT2D eigenvalue weighted by molar-refractivity contribution is 5.93. The lowest BCUT2D eigenvalue weighted by Crippen LogP contribution is -2.59. The first-order chi connectivity index (χ1) is 10.1. The summed E-state index contributed by atoms with van der Waals surface area (Å²) in [6, 6.07) is 11.5. The van der Waals surface area contributed by atoms with E-state index in [0.717, 1.165) is 5.56 Å². The van der Waals surface area contributed by atoms with E-state index in [1.807, 2.05) is 44.2 Å². The first kappa shape index (κ1) is 13.8. The summed E-state index contributed by atoms with van der Waals surface area (Å²) in [5, 5.41) is 6.87. The van der Waals surface area contributed by atoms with E-state index in [0.29, 0.717) is 24.7 Å². The van der Waals surface area contributed by atoms with Crippen molar-refractivity contribution in [3.05, 3.63) is 53.4 Å². The van der Waals surface area contributed by atoms with Gasteiger partial charge in [-0.3, -0.25) is 4.79 Å². The van der Waals surface area contributed by atoms with Crippen molar-refractivity contribution in [2.24, 2.45) is 0 Å². The van der Waals surface area contributed by atoms with Crippen LogP contribution in [0.5, 0.6) is 0 Å². The van der Waals surface area contributed by atoms with Crippen molar-refractivity contribution < 1.29 is 14.1 Å². The van der Waals surface area contributed by atoms with Gasteiger partial charge >= 0.3 is 0 Å². The third-order valence-corrected chi connectivity index (χ3v) is 3.71. The lowest BCUT2D eigenvalue weighted by molar-refractivity contribution is -0.0734. The number of ether oxygens (including phenoxy) is 1. The highest BCUT2D eigenvalue weighted by atomic mass is 16.5. The number of aromatic nitrogens is 1. The van der Waals surface area contributed by atoms with E-state index in [1.54, 1.807) is 6.07 Å². The standard InChI is InChI=1S/C16H18N2O3/c1-11(2)14-8-13(18-21-14)15(19)17-16(9-20-10-16)12-6-4-3-5-7-12/h3-8,11H,9-10H2,1-2H3,(H,17,19). The van der Waals surface area contributed by atoms with Crippen molar-refractivity contribution in [1.82, 2.24) is 10.5 Å². The molecular weight excluding hydrogens is 268 g/mol. The molecule has 0 atom stereocenters. The number of carbonyl (C=O) groups is 1. The van der Waals surface area contributed by atoms with Crippen LogP contribution in [0.3, 0.4) is 0 Å². The van der Waals surface area contributed by atoms with Crippen LogP contribution in [0, 0.1) is 0 Å². The second-order valence-corrected chi connectivity index (χ2v) is 5.66. The van der Waals surface area contributed by atoms with Crippen LogP contribution in [0.1, 0.15) is 41.6 Å². The van der Waals surface area contributed by atoms with Gasteiger partial charge in [-0.15, -0.1) is 0 Å². The molecule has 110 valence electrons. The molecule has 1 aliphatic rings. The normalized spacial score (nSPS) is 16.5. The number of nitrogens with zero attached hydrogens (tertiary/aromatic N) is 1. The average Bonchev–Trinajstić information content (AvgIpc) is 2.93. The molecule has 21 heavy (non-hydrogen) atoms. The van der Waals surface area contributed by atoms with Gasteiger partial charge in [0.1, 0.15) is 11.3 Å². The SMILES string of the molecule is CC(C)c1cc(C(=O)NC2(c3ccccc3)COC2)no1. The maximum atomic E-state index is 12.4. The fraction of sp³-hybridized carbons (Fsp3) is 0.375. The molecule has 3 rings (SSSR count).